The van der Waals surface area contributed by atoms with Crippen molar-refractivity contribution >= 4 is 5.91 Å². The molecule has 1 aromatic heterocycles. The number of amides is 1. The Morgan fingerprint density at radius 1 is 1.20 bits per heavy atom. The van der Waals surface area contributed by atoms with Gasteiger partial charge in [0.05, 0.1) is 19.7 Å². The number of para-hydroxylation sites is 1. The lowest BCUT2D eigenvalue weighted by atomic mass is 10.0. The Balaban J connectivity index is 1.49. The van der Waals surface area contributed by atoms with Crippen molar-refractivity contribution in [2.45, 2.75) is 38.1 Å². The summed E-state index contributed by atoms with van der Waals surface area (Å²) in [6.45, 7) is 0.689. The molecule has 0 unspecified atom stereocenters. The highest BCUT2D eigenvalue weighted by Gasteiger charge is 2.31. The summed E-state index contributed by atoms with van der Waals surface area (Å²) < 4.78 is 24.5. The number of hydrogen-bond donors (Lipinski definition) is 0. The second-order valence-electron chi connectivity index (χ2n) is 7.56. The van der Waals surface area contributed by atoms with E-state index in [-0.39, 0.29) is 24.2 Å². The summed E-state index contributed by atoms with van der Waals surface area (Å²) in [4.78, 5) is 19.5. The number of benzene rings is 2. The largest absolute Gasteiger partial charge is 0.496 e. The van der Waals surface area contributed by atoms with Crippen molar-refractivity contribution in [1.29, 1.82) is 0 Å². The Morgan fingerprint density at radius 3 is 2.80 bits per heavy atom. The predicted octanol–water partition coefficient (Wildman–Crippen LogP) is 4.71. The normalized spacial score (nSPS) is 16.5. The molecule has 1 amide bonds. The number of carbonyl (C=O) groups excluding carboxylic acids is 1. The number of oxazole rings is 1. The van der Waals surface area contributed by atoms with Crippen LogP contribution in [0.4, 0.5) is 4.39 Å². The summed E-state index contributed by atoms with van der Waals surface area (Å²) in [6, 6.07) is 13.8. The summed E-state index contributed by atoms with van der Waals surface area (Å²) in [5.41, 5.74) is 1.82. The molecule has 1 aliphatic rings. The van der Waals surface area contributed by atoms with Gasteiger partial charge >= 0.3 is 0 Å². The van der Waals surface area contributed by atoms with E-state index < -0.39 is 0 Å². The van der Waals surface area contributed by atoms with E-state index in [0.717, 1.165) is 36.1 Å². The number of aromatic nitrogens is 1. The van der Waals surface area contributed by atoms with Gasteiger partial charge in [0.1, 0.15) is 23.4 Å². The number of halogens is 1. The van der Waals surface area contributed by atoms with Crippen LogP contribution in [-0.2, 0) is 17.6 Å². The fourth-order valence-electron chi connectivity index (χ4n) is 3.96. The first-order valence-electron chi connectivity index (χ1n) is 10.2. The summed E-state index contributed by atoms with van der Waals surface area (Å²) in [5.74, 6) is 1.78. The van der Waals surface area contributed by atoms with E-state index in [1.165, 1.54) is 12.1 Å². The van der Waals surface area contributed by atoms with Crippen molar-refractivity contribution in [1.82, 2.24) is 9.88 Å². The summed E-state index contributed by atoms with van der Waals surface area (Å²) in [5, 5.41) is 0. The monoisotopic (exact) mass is 408 g/mol. The van der Waals surface area contributed by atoms with Crippen LogP contribution in [0.3, 0.4) is 0 Å². The van der Waals surface area contributed by atoms with Gasteiger partial charge in [0.2, 0.25) is 11.8 Å². The molecule has 1 atom stereocenters. The van der Waals surface area contributed by atoms with Crippen molar-refractivity contribution in [3.05, 3.63) is 83.3 Å². The molecule has 1 saturated heterocycles. The molecule has 0 radical (unpaired) electrons. The van der Waals surface area contributed by atoms with Crippen molar-refractivity contribution in [3.8, 4) is 5.75 Å². The Kier molecular flexibility index (Phi) is 6.12. The molecular formula is C24H25FN2O3. The molecule has 2 aromatic carbocycles. The van der Waals surface area contributed by atoms with Crippen LogP contribution in [0, 0.1) is 5.82 Å². The molecule has 5 nitrogen and oxygen atoms in total. The number of methoxy groups -OCH3 is 1. The highest BCUT2D eigenvalue weighted by atomic mass is 19.1. The second kappa shape index (κ2) is 9.11. The van der Waals surface area contributed by atoms with Gasteiger partial charge in [-0.05, 0) is 43.0 Å². The Labute approximate surface area is 175 Å². The lowest BCUT2D eigenvalue weighted by molar-refractivity contribution is -0.135. The molecule has 0 spiro atoms. The number of carbonyl (C=O) groups is 1. The van der Waals surface area contributed by atoms with Crippen molar-refractivity contribution in [2.75, 3.05) is 13.7 Å². The molecule has 0 N–H and O–H groups in total. The van der Waals surface area contributed by atoms with Crippen LogP contribution in [-0.4, -0.2) is 29.4 Å². The van der Waals surface area contributed by atoms with Gasteiger partial charge in [-0.3, -0.25) is 4.79 Å². The summed E-state index contributed by atoms with van der Waals surface area (Å²) >= 11 is 0. The quantitative estimate of drug-likeness (QED) is 0.593. The first-order chi connectivity index (χ1) is 14.6. The lowest BCUT2D eigenvalue weighted by Gasteiger charge is -2.34. The number of nitrogens with zero attached hydrogens (tertiary/aromatic N) is 2. The summed E-state index contributed by atoms with van der Waals surface area (Å²) in [6.07, 6.45) is 5.35. The molecular weight excluding hydrogens is 383 g/mol. The minimum atomic E-state index is -0.261. The van der Waals surface area contributed by atoms with Crippen LogP contribution in [0.25, 0.3) is 0 Å². The zero-order chi connectivity index (χ0) is 20.9. The molecule has 0 saturated carbocycles. The first kappa shape index (κ1) is 20.1. The maximum absolute atomic E-state index is 13.1. The van der Waals surface area contributed by atoms with E-state index in [0.29, 0.717) is 24.6 Å². The van der Waals surface area contributed by atoms with E-state index in [1.54, 1.807) is 25.4 Å². The maximum Gasteiger partial charge on any atom is 0.227 e. The second-order valence-corrected chi connectivity index (χ2v) is 7.56. The molecule has 3 aromatic rings. The Bertz CT molecular complexity index is 1000. The van der Waals surface area contributed by atoms with Crippen LogP contribution in [0.2, 0.25) is 0 Å². The van der Waals surface area contributed by atoms with E-state index >= 15 is 0 Å². The fourth-order valence-corrected chi connectivity index (χ4v) is 3.96. The topological polar surface area (TPSA) is 55.6 Å². The smallest absolute Gasteiger partial charge is 0.227 e. The van der Waals surface area contributed by atoms with E-state index in [4.69, 9.17) is 9.15 Å². The van der Waals surface area contributed by atoms with E-state index in [2.05, 4.69) is 4.98 Å². The average molecular weight is 408 g/mol. The van der Waals surface area contributed by atoms with Crippen LogP contribution < -0.4 is 4.74 Å². The molecule has 2 heterocycles. The predicted molar refractivity (Wildman–Crippen MR) is 111 cm³/mol. The number of hydrogen-bond acceptors (Lipinski definition) is 4. The van der Waals surface area contributed by atoms with Crippen molar-refractivity contribution < 1.29 is 18.3 Å². The third kappa shape index (κ3) is 4.53. The highest BCUT2D eigenvalue weighted by Crippen LogP contribution is 2.32. The van der Waals surface area contributed by atoms with Gasteiger partial charge in [-0.1, -0.05) is 30.3 Å². The van der Waals surface area contributed by atoms with Crippen LogP contribution >= 0.6 is 0 Å². The van der Waals surface area contributed by atoms with Gasteiger partial charge in [0.15, 0.2) is 0 Å². The Hall–Kier alpha value is -3.15. The standard InChI is InChI=1S/C24H25FN2O3/c1-29-22-8-3-2-6-18(22)15-23(28)27-13-5-4-7-21(27)24-26-16-20(30-24)14-17-9-11-19(25)12-10-17/h2-3,6,8-12,16,21H,4-5,7,13-15H2,1H3/t21-/m0/s1. The maximum atomic E-state index is 13.1. The third-order valence-electron chi connectivity index (χ3n) is 5.51. The molecule has 6 heteroatoms. The van der Waals surface area contributed by atoms with E-state index in [1.807, 2.05) is 29.2 Å². The molecule has 30 heavy (non-hydrogen) atoms. The van der Waals surface area contributed by atoms with Crippen LogP contribution in [0.5, 0.6) is 5.75 Å². The number of likely N-dealkylation sites (tertiary alicyclic amines) is 1. The fraction of sp³-hybridized carbons (Fsp3) is 0.333. The van der Waals surface area contributed by atoms with Gasteiger partial charge in [0.25, 0.3) is 0 Å². The van der Waals surface area contributed by atoms with Gasteiger partial charge in [-0.25, -0.2) is 9.37 Å². The van der Waals surface area contributed by atoms with Crippen molar-refractivity contribution in [2.24, 2.45) is 0 Å². The minimum Gasteiger partial charge on any atom is -0.496 e. The molecule has 156 valence electrons. The lowest BCUT2D eigenvalue weighted by Crippen LogP contribution is -2.39. The van der Waals surface area contributed by atoms with Crippen LogP contribution in [0.15, 0.2) is 59.1 Å². The number of rotatable bonds is 6. The zero-order valence-electron chi connectivity index (χ0n) is 17.0. The SMILES string of the molecule is COc1ccccc1CC(=O)N1CCCC[C@H]1c1ncc(Cc2ccc(F)cc2)o1. The number of piperidine rings is 1. The molecule has 0 bridgehead atoms. The Morgan fingerprint density at radius 2 is 2.00 bits per heavy atom. The van der Waals surface area contributed by atoms with Gasteiger partial charge in [-0.15, -0.1) is 0 Å². The average Bonchev–Trinajstić information content (AvgIpc) is 3.24. The zero-order valence-corrected chi connectivity index (χ0v) is 17.0. The highest BCUT2D eigenvalue weighted by molar-refractivity contribution is 5.80. The molecule has 4 rings (SSSR count). The van der Waals surface area contributed by atoms with Gasteiger partial charge < -0.3 is 14.1 Å². The summed E-state index contributed by atoms with van der Waals surface area (Å²) in [7, 11) is 1.61. The minimum absolute atomic E-state index is 0.0440. The molecule has 1 fully saturated rings. The third-order valence-corrected chi connectivity index (χ3v) is 5.51. The van der Waals surface area contributed by atoms with E-state index in [9.17, 15) is 9.18 Å². The molecule has 0 aliphatic carbocycles. The van der Waals surface area contributed by atoms with Crippen molar-refractivity contribution in [3.63, 3.8) is 0 Å². The first-order valence-corrected chi connectivity index (χ1v) is 10.2. The number of ether oxygens (including phenoxy) is 1. The van der Waals surface area contributed by atoms with Gasteiger partial charge in [0, 0.05) is 18.5 Å². The van der Waals surface area contributed by atoms with Gasteiger partial charge in [-0.2, -0.15) is 0 Å². The molecule has 1 aliphatic heterocycles. The van der Waals surface area contributed by atoms with Crippen LogP contribution in [0.1, 0.15) is 48.1 Å².